The third kappa shape index (κ3) is 3.93. The molecule has 122 valence electrons. The maximum atomic E-state index is 3.79. The smallest absolute Gasteiger partial charge is 0.0176 e. The third-order valence-corrected chi connectivity index (χ3v) is 4.57. The Balaban J connectivity index is 1.95. The lowest BCUT2D eigenvalue weighted by atomic mass is 9.76. The van der Waals surface area contributed by atoms with E-state index in [0.717, 1.165) is 19.5 Å². The lowest BCUT2D eigenvalue weighted by Gasteiger charge is -2.29. The van der Waals surface area contributed by atoms with Gasteiger partial charge >= 0.3 is 0 Å². The number of fused-ring (bicyclic) bond motifs is 1. The molecule has 1 aromatic carbocycles. The summed E-state index contributed by atoms with van der Waals surface area (Å²) in [5.41, 5.74) is 4.16. The highest BCUT2D eigenvalue weighted by atomic mass is 14.8. The summed E-state index contributed by atoms with van der Waals surface area (Å²) in [6.45, 7) is 5.51. The van der Waals surface area contributed by atoms with Crippen LogP contribution < -0.4 is 5.32 Å². The van der Waals surface area contributed by atoms with E-state index in [1.807, 2.05) is 6.08 Å². The molecule has 2 atom stereocenters. The molecule has 2 aliphatic carbocycles. The number of rotatable bonds is 5. The summed E-state index contributed by atoms with van der Waals surface area (Å²) < 4.78 is 0. The molecule has 0 amide bonds. The van der Waals surface area contributed by atoms with Gasteiger partial charge in [0.05, 0.1) is 0 Å². The molecule has 1 heteroatoms. The van der Waals surface area contributed by atoms with E-state index in [0.29, 0.717) is 11.8 Å². The molecule has 24 heavy (non-hydrogen) atoms. The monoisotopic (exact) mass is 315 g/mol. The van der Waals surface area contributed by atoms with Crippen molar-refractivity contribution in [3.8, 4) is 0 Å². The summed E-state index contributed by atoms with van der Waals surface area (Å²) >= 11 is 0. The van der Waals surface area contributed by atoms with Gasteiger partial charge in [-0.25, -0.2) is 0 Å². The van der Waals surface area contributed by atoms with Gasteiger partial charge in [-0.15, -0.1) is 6.58 Å². The minimum absolute atomic E-state index is 0.383. The fourth-order valence-electron chi connectivity index (χ4n) is 3.41. The molecule has 1 N–H and O–H groups in total. The molecule has 1 nitrogen and oxygen atoms in total. The minimum atomic E-state index is 0.383. The Bertz CT molecular complexity index is 701. The molecule has 0 bridgehead atoms. The normalized spacial score (nSPS) is 28.3. The summed E-state index contributed by atoms with van der Waals surface area (Å²) in [5, 5.41) is 3.46. The fraction of sp³-hybridized carbons (Fsp3) is 0.217. The minimum Gasteiger partial charge on any atom is -0.310 e. The maximum Gasteiger partial charge on any atom is 0.0176 e. The van der Waals surface area contributed by atoms with Gasteiger partial charge in [0.25, 0.3) is 0 Å². The molecule has 0 heterocycles. The van der Waals surface area contributed by atoms with Crippen molar-refractivity contribution in [3.05, 3.63) is 103 Å². The summed E-state index contributed by atoms with van der Waals surface area (Å²) in [7, 11) is 0. The SMILES string of the molecule is C=CCNC/C1=C\C=C/C/C=C(\c2ccccc2)C2C=CC=CC12. The third-order valence-electron chi connectivity index (χ3n) is 4.57. The molecule has 0 fully saturated rings. The zero-order chi connectivity index (χ0) is 16.6. The zero-order valence-electron chi connectivity index (χ0n) is 14.1. The van der Waals surface area contributed by atoms with Gasteiger partial charge in [0.1, 0.15) is 0 Å². The van der Waals surface area contributed by atoms with Crippen LogP contribution in [0.25, 0.3) is 5.57 Å². The van der Waals surface area contributed by atoms with Gasteiger partial charge in [0, 0.05) is 24.9 Å². The molecule has 0 aliphatic heterocycles. The van der Waals surface area contributed by atoms with Crippen LogP contribution in [-0.2, 0) is 0 Å². The van der Waals surface area contributed by atoms with Crippen LogP contribution in [0.4, 0.5) is 0 Å². The largest absolute Gasteiger partial charge is 0.310 e. The van der Waals surface area contributed by atoms with Crippen LogP contribution in [0.2, 0.25) is 0 Å². The Morgan fingerprint density at radius 3 is 2.62 bits per heavy atom. The van der Waals surface area contributed by atoms with Crippen molar-refractivity contribution in [3.63, 3.8) is 0 Å². The van der Waals surface area contributed by atoms with E-state index in [1.54, 1.807) is 0 Å². The molecule has 0 saturated heterocycles. The summed E-state index contributed by atoms with van der Waals surface area (Å²) in [4.78, 5) is 0. The van der Waals surface area contributed by atoms with Crippen LogP contribution in [-0.4, -0.2) is 13.1 Å². The van der Waals surface area contributed by atoms with Crippen molar-refractivity contribution in [1.82, 2.24) is 5.32 Å². The topological polar surface area (TPSA) is 12.0 Å². The Kier molecular flexibility index (Phi) is 5.81. The fourth-order valence-corrected chi connectivity index (χ4v) is 3.41. The predicted molar refractivity (Wildman–Crippen MR) is 105 cm³/mol. The second-order valence-corrected chi connectivity index (χ2v) is 6.17. The van der Waals surface area contributed by atoms with Gasteiger partial charge in [-0.2, -0.15) is 0 Å². The van der Waals surface area contributed by atoms with E-state index in [4.69, 9.17) is 0 Å². The lowest BCUT2D eigenvalue weighted by molar-refractivity contribution is 0.612. The molecule has 1 aromatic rings. The zero-order valence-corrected chi connectivity index (χ0v) is 14.1. The van der Waals surface area contributed by atoms with Gasteiger partial charge < -0.3 is 5.32 Å². The molecule has 0 aromatic heterocycles. The molecule has 0 saturated carbocycles. The van der Waals surface area contributed by atoms with Crippen molar-refractivity contribution >= 4 is 5.57 Å². The number of allylic oxidation sites excluding steroid dienone is 9. The summed E-state index contributed by atoms with van der Waals surface area (Å²) in [5.74, 6) is 0.774. The van der Waals surface area contributed by atoms with Gasteiger partial charge in [0.2, 0.25) is 0 Å². The van der Waals surface area contributed by atoms with E-state index in [1.165, 1.54) is 16.7 Å². The highest BCUT2D eigenvalue weighted by molar-refractivity contribution is 5.71. The average molecular weight is 315 g/mol. The molecule has 2 aliphatic rings. The van der Waals surface area contributed by atoms with Crippen LogP contribution in [0.1, 0.15) is 12.0 Å². The van der Waals surface area contributed by atoms with E-state index in [9.17, 15) is 0 Å². The van der Waals surface area contributed by atoms with Crippen LogP contribution in [0.15, 0.2) is 97.2 Å². The Hall–Kier alpha value is -2.38. The van der Waals surface area contributed by atoms with Crippen molar-refractivity contribution in [2.45, 2.75) is 6.42 Å². The van der Waals surface area contributed by atoms with Gasteiger partial charge in [-0.3, -0.25) is 0 Å². The van der Waals surface area contributed by atoms with E-state index in [-0.39, 0.29) is 0 Å². The molecule has 2 unspecified atom stereocenters. The van der Waals surface area contributed by atoms with Crippen molar-refractivity contribution in [2.75, 3.05) is 13.1 Å². The second kappa shape index (κ2) is 8.47. The molecule has 0 spiro atoms. The van der Waals surface area contributed by atoms with Crippen LogP contribution in [0, 0.1) is 11.8 Å². The van der Waals surface area contributed by atoms with Gasteiger partial charge in [-0.05, 0) is 23.1 Å². The highest BCUT2D eigenvalue weighted by Gasteiger charge is 2.26. The van der Waals surface area contributed by atoms with Crippen molar-refractivity contribution < 1.29 is 0 Å². The number of hydrogen-bond acceptors (Lipinski definition) is 1. The average Bonchev–Trinajstić information content (AvgIpc) is 2.72. The standard InChI is InChI=1S/C23H25N/c1-2-17-24-18-20-13-7-4-8-14-21(19-11-5-3-6-12-19)23-16-10-9-15-22(20)23/h2-7,9-16,22-24H,1,8,17-18H2/b7-4-,20-13+,21-14+. The predicted octanol–water partition coefficient (Wildman–Crippen LogP) is 5.09. The first-order valence-corrected chi connectivity index (χ1v) is 8.68. The Labute approximate surface area is 145 Å². The van der Waals surface area contributed by atoms with E-state index in [2.05, 4.69) is 90.8 Å². The van der Waals surface area contributed by atoms with Crippen LogP contribution in [0.3, 0.4) is 0 Å². The number of benzene rings is 1. The Morgan fingerprint density at radius 1 is 1.04 bits per heavy atom. The van der Waals surface area contributed by atoms with Gasteiger partial charge in [0.15, 0.2) is 0 Å². The first-order chi connectivity index (χ1) is 11.9. The molecule has 0 radical (unpaired) electrons. The first kappa shape index (κ1) is 16.5. The molecule has 3 rings (SSSR count). The lowest BCUT2D eigenvalue weighted by Crippen LogP contribution is -2.25. The first-order valence-electron chi connectivity index (χ1n) is 8.68. The van der Waals surface area contributed by atoms with Gasteiger partial charge in [-0.1, -0.05) is 85.0 Å². The van der Waals surface area contributed by atoms with Crippen molar-refractivity contribution in [2.24, 2.45) is 11.8 Å². The molecular formula is C23H25N. The van der Waals surface area contributed by atoms with Crippen LogP contribution >= 0.6 is 0 Å². The number of nitrogens with one attached hydrogen (secondary N) is 1. The van der Waals surface area contributed by atoms with E-state index < -0.39 is 0 Å². The van der Waals surface area contributed by atoms with Crippen molar-refractivity contribution in [1.29, 1.82) is 0 Å². The Morgan fingerprint density at radius 2 is 1.83 bits per heavy atom. The summed E-state index contributed by atoms with van der Waals surface area (Å²) in [6, 6.07) is 10.8. The highest BCUT2D eigenvalue weighted by Crippen LogP contribution is 2.38. The van der Waals surface area contributed by atoms with E-state index >= 15 is 0 Å². The maximum absolute atomic E-state index is 3.79. The quantitative estimate of drug-likeness (QED) is 0.589. The number of hydrogen-bond donors (Lipinski definition) is 1. The summed E-state index contributed by atoms with van der Waals surface area (Å²) in [6.07, 6.45) is 21.0. The van der Waals surface area contributed by atoms with Crippen LogP contribution in [0.5, 0.6) is 0 Å². The second-order valence-electron chi connectivity index (χ2n) is 6.17. The molecular weight excluding hydrogens is 290 g/mol.